The van der Waals surface area contributed by atoms with Gasteiger partial charge in [0.1, 0.15) is 0 Å². The Hall–Kier alpha value is -1.76. The molecule has 1 aromatic rings. The molecular formula is C22H32N2O4. The number of ketones is 1. The number of aryl methyl sites for hydroxylation is 1. The summed E-state index contributed by atoms with van der Waals surface area (Å²) >= 11 is 0. The van der Waals surface area contributed by atoms with E-state index in [2.05, 4.69) is 5.32 Å². The molecule has 6 heteroatoms. The summed E-state index contributed by atoms with van der Waals surface area (Å²) in [5, 5.41) is 23.2. The van der Waals surface area contributed by atoms with E-state index < -0.39 is 5.60 Å². The zero-order valence-corrected chi connectivity index (χ0v) is 17.0. The minimum Gasteiger partial charge on any atom is -0.395 e. The van der Waals surface area contributed by atoms with Gasteiger partial charge in [-0.3, -0.25) is 14.5 Å². The summed E-state index contributed by atoms with van der Waals surface area (Å²) in [4.78, 5) is 27.5. The van der Waals surface area contributed by atoms with Crippen LogP contribution in [0, 0.1) is 6.92 Å². The molecule has 1 saturated carbocycles. The Bertz CT molecular complexity index is 738. The van der Waals surface area contributed by atoms with Crippen LogP contribution in [0.3, 0.4) is 0 Å². The molecule has 1 aromatic carbocycles. The zero-order chi connectivity index (χ0) is 20.3. The highest BCUT2D eigenvalue weighted by Gasteiger charge is 2.33. The fourth-order valence-electron chi connectivity index (χ4n) is 4.37. The van der Waals surface area contributed by atoms with Crippen molar-refractivity contribution in [2.24, 2.45) is 0 Å². The van der Waals surface area contributed by atoms with Crippen molar-refractivity contribution in [1.82, 2.24) is 4.90 Å². The van der Waals surface area contributed by atoms with Crippen LogP contribution in [0.15, 0.2) is 12.1 Å². The average Bonchev–Trinajstić information content (AvgIpc) is 2.87. The van der Waals surface area contributed by atoms with Crippen LogP contribution in [-0.2, 0) is 11.3 Å². The molecule has 0 radical (unpaired) electrons. The number of rotatable bonds is 5. The molecule has 28 heavy (non-hydrogen) atoms. The maximum Gasteiger partial charge on any atom is 0.227 e. The first-order valence-corrected chi connectivity index (χ1v) is 10.4. The maximum atomic E-state index is 12.8. The molecule has 0 unspecified atom stereocenters. The molecule has 0 aromatic heterocycles. The molecule has 154 valence electrons. The van der Waals surface area contributed by atoms with E-state index in [1.165, 1.54) is 0 Å². The number of benzene rings is 1. The Morgan fingerprint density at radius 2 is 1.89 bits per heavy atom. The van der Waals surface area contributed by atoms with Gasteiger partial charge in [-0.15, -0.1) is 0 Å². The molecule has 1 heterocycles. The monoisotopic (exact) mass is 388 g/mol. The Labute approximate surface area is 166 Å². The fraction of sp³-hybridized carbons (Fsp3) is 0.636. The van der Waals surface area contributed by atoms with E-state index in [9.17, 15) is 19.8 Å². The number of hydrogen-bond donors (Lipinski definition) is 3. The fourth-order valence-corrected chi connectivity index (χ4v) is 4.37. The van der Waals surface area contributed by atoms with Gasteiger partial charge in [0, 0.05) is 18.2 Å². The Morgan fingerprint density at radius 3 is 2.54 bits per heavy atom. The lowest BCUT2D eigenvalue weighted by atomic mass is 9.90. The molecule has 2 aliphatic rings. The number of carbonyl (C=O) groups is 2. The second-order valence-electron chi connectivity index (χ2n) is 8.51. The van der Waals surface area contributed by atoms with Crippen molar-refractivity contribution in [3.05, 3.63) is 28.8 Å². The van der Waals surface area contributed by atoms with Gasteiger partial charge in [0.15, 0.2) is 5.78 Å². The number of anilines is 1. The minimum atomic E-state index is -0.944. The predicted molar refractivity (Wildman–Crippen MR) is 108 cm³/mol. The van der Waals surface area contributed by atoms with E-state index in [0.717, 1.165) is 36.8 Å². The van der Waals surface area contributed by atoms with Crippen molar-refractivity contribution in [2.75, 3.05) is 18.5 Å². The lowest BCUT2D eigenvalue weighted by Crippen LogP contribution is -2.43. The predicted octanol–water partition coefficient (Wildman–Crippen LogP) is 2.79. The van der Waals surface area contributed by atoms with Crippen molar-refractivity contribution in [3.8, 4) is 0 Å². The highest BCUT2D eigenvalue weighted by molar-refractivity contribution is 6.08. The first-order valence-electron chi connectivity index (χ1n) is 10.4. The van der Waals surface area contributed by atoms with Gasteiger partial charge >= 0.3 is 0 Å². The molecule has 1 aliphatic carbocycles. The van der Waals surface area contributed by atoms with E-state index in [0.29, 0.717) is 30.6 Å². The first-order chi connectivity index (χ1) is 13.3. The smallest absolute Gasteiger partial charge is 0.227 e. The third kappa shape index (κ3) is 4.62. The van der Waals surface area contributed by atoms with Crippen LogP contribution in [0.4, 0.5) is 5.69 Å². The van der Waals surface area contributed by atoms with E-state index in [-0.39, 0.29) is 37.3 Å². The number of amides is 1. The van der Waals surface area contributed by atoms with Gasteiger partial charge in [-0.2, -0.15) is 0 Å². The number of aliphatic hydroxyl groups excluding tert-OH is 1. The number of nitrogens with zero attached hydrogens (tertiary/aromatic N) is 1. The normalized spacial score (nSPS) is 20.9. The van der Waals surface area contributed by atoms with Crippen molar-refractivity contribution in [3.63, 3.8) is 0 Å². The maximum absolute atomic E-state index is 12.8. The SMILES string of the molecule is Cc1ccc2c(c1NC(=O)CC1(O)CCCCCC1)C(=O)CN([C@H](C)CO)C2. The summed E-state index contributed by atoms with van der Waals surface area (Å²) in [6.45, 7) is 4.56. The summed E-state index contributed by atoms with van der Waals surface area (Å²) in [7, 11) is 0. The Balaban J connectivity index is 1.79. The van der Waals surface area contributed by atoms with Crippen LogP contribution in [-0.4, -0.2) is 51.6 Å². The standard InChI is InChI=1S/C22H32N2O4/c1-15-7-8-17-12-24(16(2)14-25)13-18(26)20(17)21(15)23-19(27)11-22(28)9-5-3-4-6-10-22/h7-8,16,25,28H,3-6,9-14H2,1-2H3,(H,23,27)/t16-/m1/s1. The largest absolute Gasteiger partial charge is 0.395 e. The second-order valence-corrected chi connectivity index (χ2v) is 8.51. The molecule has 1 aliphatic heterocycles. The third-order valence-corrected chi connectivity index (χ3v) is 6.17. The van der Waals surface area contributed by atoms with E-state index in [1.807, 2.05) is 30.9 Å². The third-order valence-electron chi connectivity index (χ3n) is 6.17. The quantitative estimate of drug-likeness (QED) is 0.675. The molecule has 1 amide bonds. The molecule has 0 saturated heterocycles. The molecule has 1 fully saturated rings. The number of nitrogens with one attached hydrogen (secondary N) is 1. The van der Waals surface area contributed by atoms with E-state index in [4.69, 9.17) is 0 Å². The van der Waals surface area contributed by atoms with Gasteiger partial charge < -0.3 is 15.5 Å². The summed E-state index contributed by atoms with van der Waals surface area (Å²) < 4.78 is 0. The zero-order valence-electron chi connectivity index (χ0n) is 17.0. The summed E-state index contributed by atoms with van der Waals surface area (Å²) in [6.07, 6.45) is 5.47. The van der Waals surface area contributed by atoms with E-state index >= 15 is 0 Å². The van der Waals surface area contributed by atoms with Crippen LogP contribution >= 0.6 is 0 Å². The first kappa shape index (κ1) is 21.0. The van der Waals surface area contributed by atoms with Crippen LogP contribution in [0.5, 0.6) is 0 Å². The lowest BCUT2D eigenvalue weighted by Gasteiger charge is -2.33. The van der Waals surface area contributed by atoms with Crippen molar-refractivity contribution < 1.29 is 19.8 Å². The number of aliphatic hydroxyl groups is 2. The lowest BCUT2D eigenvalue weighted by molar-refractivity contribution is -0.121. The second kappa shape index (κ2) is 8.72. The Kier molecular flexibility index (Phi) is 6.53. The molecule has 6 nitrogen and oxygen atoms in total. The molecule has 0 bridgehead atoms. The summed E-state index contributed by atoms with van der Waals surface area (Å²) in [5.41, 5.74) is 1.91. The number of fused-ring (bicyclic) bond motifs is 1. The van der Waals surface area contributed by atoms with Crippen LogP contribution in [0.2, 0.25) is 0 Å². The van der Waals surface area contributed by atoms with Crippen LogP contribution in [0.25, 0.3) is 0 Å². The van der Waals surface area contributed by atoms with Crippen LogP contribution < -0.4 is 5.32 Å². The number of Topliss-reactive ketones (excluding diaryl/α,β-unsaturated/α-hetero) is 1. The topological polar surface area (TPSA) is 89.9 Å². The van der Waals surface area contributed by atoms with Gasteiger partial charge in [-0.1, -0.05) is 37.8 Å². The van der Waals surface area contributed by atoms with Gasteiger partial charge in [-0.05, 0) is 37.8 Å². The molecule has 0 spiro atoms. The molecule has 1 atom stereocenters. The summed E-state index contributed by atoms with van der Waals surface area (Å²) in [6, 6.07) is 3.74. The van der Waals surface area contributed by atoms with Crippen molar-refractivity contribution in [1.29, 1.82) is 0 Å². The average molecular weight is 389 g/mol. The number of hydrogen-bond acceptors (Lipinski definition) is 5. The minimum absolute atomic E-state index is 0.00332. The van der Waals surface area contributed by atoms with Crippen molar-refractivity contribution >= 4 is 17.4 Å². The van der Waals surface area contributed by atoms with Gasteiger partial charge in [-0.25, -0.2) is 0 Å². The van der Waals surface area contributed by atoms with Gasteiger partial charge in [0.05, 0.1) is 30.9 Å². The molecule has 3 N–H and O–H groups in total. The highest BCUT2D eigenvalue weighted by Crippen LogP contribution is 2.33. The Morgan fingerprint density at radius 1 is 1.21 bits per heavy atom. The summed E-state index contributed by atoms with van der Waals surface area (Å²) in [5.74, 6) is -0.284. The number of carbonyl (C=O) groups excluding carboxylic acids is 2. The van der Waals surface area contributed by atoms with Crippen LogP contribution in [0.1, 0.15) is 73.4 Å². The van der Waals surface area contributed by atoms with E-state index in [1.54, 1.807) is 0 Å². The van der Waals surface area contributed by atoms with Gasteiger partial charge in [0.25, 0.3) is 0 Å². The molecular weight excluding hydrogens is 356 g/mol. The van der Waals surface area contributed by atoms with Crippen molar-refractivity contribution in [2.45, 2.75) is 77.0 Å². The van der Waals surface area contributed by atoms with Gasteiger partial charge in [0.2, 0.25) is 5.91 Å². The molecule has 3 rings (SSSR count). The highest BCUT2D eigenvalue weighted by atomic mass is 16.3.